The Morgan fingerprint density at radius 3 is 1.40 bits per heavy atom. The molecule has 0 fully saturated rings. The van der Waals surface area contributed by atoms with Gasteiger partial charge in [-0.2, -0.15) is 0 Å². The number of hydrogen-bond acceptors (Lipinski definition) is 4. The Hall–Kier alpha value is -1.00. The highest BCUT2D eigenvalue weighted by atomic mass is 16.5. The summed E-state index contributed by atoms with van der Waals surface area (Å²) in [4.78, 5) is 0. The summed E-state index contributed by atoms with van der Waals surface area (Å²) in [6.45, 7) is 3.47. The van der Waals surface area contributed by atoms with Crippen molar-refractivity contribution in [2.75, 3.05) is 0 Å². The molecule has 0 aliphatic rings. The third kappa shape index (κ3) is 2.08. The fourth-order valence-corrected chi connectivity index (χ4v) is 0.561. The quantitative estimate of drug-likeness (QED) is 0.348. The molecule has 0 unspecified atom stereocenters. The van der Waals surface area contributed by atoms with Crippen LogP contribution >= 0.6 is 0 Å². The monoisotopic (exact) mass is 144 g/mol. The molecule has 4 heteroatoms. The summed E-state index contributed by atoms with van der Waals surface area (Å²) in [6.07, 6.45) is 3.25. The molecule has 0 aliphatic carbocycles. The van der Waals surface area contributed by atoms with E-state index in [4.69, 9.17) is 10.4 Å². The zero-order valence-corrected chi connectivity index (χ0v) is 6.05. The molecule has 0 atom stereocenters. The van der Waals surface area contributed by atoms with Crippen molar-refractivity contribution >= 4 is 0 Å². The summed E-state index contributed by atoms with van der Waals surface area (Å²) in [7, 11) is 0. The third-order valence-corrected chi connectivity index (χ3v) is 1.11. The van der Waals surface area contributed by atoms with Crippen molar-refractivity contribution in [2.45, 2.75) is 13.8 Å². The molecular weight excluding hydrogens is 132 g/mol. The van der Waals surface area contributed by atoms with Gasteiger partial charge in [-0.1, -0.05) is 12.2 Å². The standard InChI is InChI=1S/C6H12N2O2/c1-3-5(7-9)6(4-2)8-10/h3-4,7-10H,1-2H3. The van der Waals surface area contributed by atoms with E-state index in [2.05, 4.69) is 0 Å². The molecule has 4 nitrogen and oxygen atoms in total. The lowest BCUT2D eigenvalue weighted by Crippen LogP contribution is -2.18. The normalized spacial score (nSPS) is 13.2. The topological polar surface area (TPSA) is 64.5 Å². The van der Waals surface area contributed by atoms with Crippen LogP contribution in [0.4, 0.5) is 0 Å². The average molecular weight is 144 g/mol. The SMILES string of the molecule is CC=C(NO)C(=CC)NO. The van der Waals surface area contributed by atoms with Crippen molar-refractivity contribution in [3.05, 3.63) is 23.5 Å². The van der Waals surface area contributed by atoms with Crippen molar-refractivity contribution in [3.8, 4) is 0 Å². The Balaban J connectivity index is 4.27. The molecule has 58 valence electrons. The van der Waals surface area contributed by atoms with Crippen LogP contribution in [-0.2, 0) is 0 Å². The van der Waals surface area contributed by atoms with Gasteiger partial charge in [0, 0.05) is 0 Å². The van der Waals surface area contributed by atoms with Gasteiger partial charge in [-0.3, -0.25) is 21.4 Å². The number of nitrogens with one attached hydrogen (secondary N) is 2. The van der Waals surface area contributed by atoms with Crippen molar-refractivity contribution in [1.29, 1.82) is 0 Å². The minimum absolute atomic E-state index is 0.435. The summed E-state index contributed by atoms with van der Waals surface area (Å²) in [5.74, 6) is 0. The number of hydrogen-bond donors (Lipinski definition) is 4. The Kier molecular flexibility index (Phi) is 4.36. The molecule has 0 radical (unpaired) electrons. The van der Waals surface area contributed by atoms with Crippen LogP contribution in [0.5, 0.6) is 0 Å². The summed E-state index contributed by atoms with van der Waals surface area (Å²) in [5.41, 5.74) is 4.72. The average Bonchev–Trinajstić information content (AvgIpc) is 2.00. The van der Waals surface area contributed by atoms with E-state index in [1.54, 1.807) is 26.0 Å². The maximum Gasteiger partial charge on any atom is 0.0810 e. The van der Waals surface area contributed by atoms with Crippen molar-refractivity contribution in [3.63, 3.8) is 0 Å². The van der Waals surface area contributed by atoms with E-state index in [1.807, 2.05) is 11.0 Å². The van der Waals surface area contributed by atoms with E-state index < -0.39 is 0 Å². The van der Waals surface area contributed by atoms with Gasteiger partial charge in [-0.05, 0) is 13.8 Å². The van der Waals surface area contributed by atoms with Gasteiger partial charge in [0.1, 0.15) is 0 Å². The molecule has 0 aliphatic heterocycles. The molecule has 0 aromatic carbocycles. The van der Waals surface area contributed by atoms with Crippen molar-refractivity contribution in [2.24, 2.45) is 0 Å². The van der Waals surface area contributed by atoms with E-state index in [1.165, 1.54) is 0 Å². The third-order valence-electron chi connectivity index (χ3n) is 1.11. The molecule has 0 aromatic heterocycles. The summed E-state index contributed by atoms with van der Waals surface area (Å²) < 4.78 is 0. The van der Waals surface area contributed by atoms with Gasteiger partial charge in [0.05, 0.1) is 11.4 Å². The molecule has 4 N–H and O–H groups in total. The number of allylic oxidation sites excluding steroid dienone is 2. The van der Waals surface area contributed by atoms with Crippen LogP contribution in [0.25, 0.3) is 0 Å². The Morgan fingerprint density at radius 1 is 1.00 bits per heavy atom. The fourth-order valence-electron chi connectivity index (χ4n) is 0.561. The Morgan fingerprint density at radius 2 is 1.30 bits per heavy atom. The highest BCUT2D eigenvalue weighted by molar-refractivity contribution is 5.24. The largest absolute Gasteiger partial charge is 0.291 e. The molecule has 0 saturated heterocycles. The van der Waals surface area contributed by atoms with Gasteiger partial charge < -0.3 is 0 Å². The van der Waals surface area contributed by atoms with Crippen LogP contribution in [0, 0.1) is 0 Å². The molecule has 0 amide bonds. The molecule has 0 heterocycles. The smallest absolute Gasteiger partial charge is 0.0810 e. The highest BCUT2D eigenvalue weighted by Crippen LogP contribution is 1.99. The van der Waals surface area contributed by atoms with E-state index in [9.17, 15) is 0 Å². The summed E-state index contributed by atoms with van der Waals surface area (Å²) >= 11 is 0. The van der Waals surface area contributed by atoms with Gasteiger partial charge in [0.15, 0.2) is 0 Å². The van der Waals surface area contributed by atoms with Crippen LogP contribution in [-0.4, -0.2) is 10.4 Å². The molecule has 0 saturated carbocycles. The maximum absolute atomic E-state index is 8.45. The minimum Gasteiger partial charge on any atom is -0.291 e. The van der Waals surface area contributed by atoms with E-state index in [-0.39, 0.29) is 0 Å². The van der Waals surface area contributed by atoms with E-state index in [0.29, 0.717) is 11.4 Å². The highest BCUT2D eigenvalue weighted by Gasteiger charge is 1.97. The van der Waals surface area contributed by atoms with Gasteiger partial charge in [0.2, 0.25) is 0 Å². The first kappa shape index (κ1) is 9.00. The first-order chi connectivity index (χ1) is 4.79. The number of hydroxylamine groups is 2. The first-order valence-corrected chi connectivity index (χ1v) is 2.93. The Labute approximate surface area is 59.8 Å². The predicted octanol–water partition coefficient (Wildman–Crippen LogP) is 0.752. The molecule has 0 rings (SSSR count). The summed E-state index contributed by atoms with van der Waals surface area (Å²) in [5, 5.41) is 16.9. The zero-order chi connectivity index (χ0) is 7.98. The molecule has 0 bridgehead atoms. The predicted molar refractivity (Wildman–Crippen MR) is 37.4 cm³/mol. The van der Waals surface area contributed by atoms with E-state index in [0.717, 1.165) is 0 Å². The second-order valence-corrected chi connectivity index (χ2v) is 1.63. The van der Waals surface area contributed by atoms with Gasteiger partial charge in [-0.25, -0.2) is 0 Å². The minimum atomic E-state index is 0.435. The Bertz CT molecular complexity index is 134. The molecular formula is C6H12N2O2. The second kappa shape index (κ2) is 4.84. The van der Waals surface area contributed by atoms with Crippen LogP contribution in [0.15, 0.2) is 23.5 Å². The van der Waals surface area contributed by atoms with E-state index >= 15 is 0 Å². The second-order valence-electron chi connectivity index (χ2n) is 1.63. The maximum atomic E-state index is 8.45. The van der Waals surface area contributed by atoms with Crippen LogP contribution in [0.2, 0.25) is 0 Å². The lowest BCUT2D eigenvalue weighted by molar-refractivity contribution is 0.174. The molecule has 0 spiro atoms. The fraction of sp³-hybridized carbons (Fsp3) is 0.333. The first-order valence-electron chi connectivity index (χ1n) is 2.93. The number of rotatable bonds is 3. The molecule has 0 aromatic rings. The van der Waals surface area contributed by atoms with Gasteiger partial charge in [-0.15, -0.1) is 0 Å². The lowest BCUT2D eigenvalue weighted by atomic mass is 10.3. The van der Waals surface area contributed by atoms with Crippen LogP contribution in [0.3, 0.4) is 0 Å². The lowest BCUT2D eigenvalue weighted by Gasteiger charge is -2.06. The van der Waals surface area contributed by atoms with Crippen molar-refractivity contribution < 1.29 is 10.4 Å². The van der Waals surface area contributed by atoms with Gasteiger partial charge >= 0.3 is 0 Å². The zero-order valence-electron chi connectivity index (χ0n) is 6.05. The van der Waals surface area contributed by atoms with Crippen LogP contribution in [0.1, 0.15) is 13.8 Å². The summed E-state index contributed by atoms with van der Waals surface area (Å²) in [6, 6.07) is 0. The van der Waals surface area contributed by atoms with Crippen molar-refractivity contribution in [1.82, 2.24) is 11.0 Å². The van der Waals surface area contributed by atoms with Crippen LogP contribution < -0.4 is 11.0 Å². The van der Waals surface area contributed by atoms with Gasteiger partial charge in [0.25, 0.3) is 0 Å². The molecule has 10 heavy (non-hydrogen) atoms.